The predicted octanol–water partition coefficient (Wildman–Crippen LogP) is 4.08. The maximum Gasteiger partial charge on any atom is 0.204 e. The van der Waals surface area contributed by atoms with Gasteiger partial charge in [0.15, 0.2) is 11.4 Å². The average molecular weight is 348 g/mol. The van der Waals surface area contributed by atoms with Gasteiger partial charge < -0.3 is 10.0 Å². The van der Waals surface area contributed by atoms with Gasteiger partial charge in [-0.15, -0.1) is 11.3 Å². The molecule has 2 aliphatic rings. The molecule has 0 unspecified atom stereocenters. The molecule has 0 amide bonds. The number of hydrogen-bond donors (Lipinski definition) is 1. The van der Waals surface area contributed by atoms with E-state index < -0.39 is 5.60 Å². The number of Topliss-reactive ketones (excluding diaryl/α,β-unsaturated/α-hetero) is 1. The number of aryl methyl sites for hydroxylation is 1. The first-order valence-corrected chi connectivity index (χ1v) is 9.11. The summed E-state index contributed by atoms with van der Waals surface area (Å²) in [5.74, 6) is 0.222. The van der Waals surface area contributed by atoms with Crippen LogP contribution in [0.5, 0.6) is 0 Å². The number of fused-ring (bicyclic) bond motifs is 3. The van der Waals surface area contributed by atoms with Gasteiger partial charge >= 0.3 is 0 Å². The van der Waals surface area contributed by atoms with E-state index >= 15 is 0 Å². The van der Waals surface area contributed by atoms with Crippen LogP contribution in [0.15, 0.2) is 53.5 Å². The molecular weight excluding hydrogens is 332 g/mol. The number of anilines is 1. The number of aliphatic imine (C=N–C) groups is 1. The monoisotopic (exact) mass is 348 g/mol. The molecule has 4 nitrogen and oxygen atoms in total. The standard InChI is InChI=1S/C20H16N2O2S/c1-12-6-7-15-14(10-12)18(23)20(24)8-9-22(19(20)21-15)17-11-13-4-2-3-5-16(13)25-17/h2-7,10-11,24H,8-9H2,1H3/t20-/m1/s1. The Bertz CT molecular complexity index is 1040. The number of carbonyl (C=O) groups excluding carboxylic acids is 1. The molecule has 5 rings (SSSR count). The Hall–Kier alpha value is -2.50. The smallest absolute Gasteiger partial charge is 0.204 e. The third-order valence-corrected chi connectivity index (χ3v) is 6.14. The highest BCUT2D eigenvalue weighted by molar-refractivity contribution is 7.23. The highest BCUT2D eigenvalue weighted by Crippen LogP contribution is 2.42. The molecule has 1 fully saturated rings. The Kier molecular flexibility index (Phi) is 2.96. The lowest BCUT2D eigenvalue weighted by molar-refractivity contribution is 0.0602. The van der Waals surface area contributed by atoms with E-state index in [1.807, 2.05) is 42.2 Å². The Morgan fingerprint density at radius 1 is 1.20 bits per heavy atom. The van der Waals surface area contributed by atoms with Crippen molar-refractivity contribution in [1.29, 1.82) is 0 Å². The van der Waals surface area contributed by atoms with Crippen molar-refractivity contribution in [3.63, 3.8) is 0 Å². The van der Waals surface area contributed by atoms with E-state index in [9.17, 15) is 9.90 Å². The molecule has 1 atom stereocenters. The number of nitrogens with zero attached hydrogens (tertiary/aromatic N) is 2. The summed E-state index contributed by atoms with van der Waals surface area (Å²) in [6, 6.07) is 15.9. The van der Waals surface area contributed by atoms with Crippen LogP contribution in [0.3, 0.4) is 0 Å². The van der Waals surface area contributed by atoms with Crippen LogP contribution in [0.4, 0.5) is 10.7 Å². The molecule has 0 aliphatic carbocycles. The van der Waals surface area contributed by atoms with E-state index in [-0.39, 0.29) is 5.78 Å². The van der Waals surface area contributed by atoms with Crippen LogP contribution in [0.1, 0.15) is 22.3 Å². The normalized spacial score (nSPS) is 22.1. The first kappa shape index (κ1) is 14.8. The van der Waals surface area contributed by atoms with Crippen molar-refractivity contribution in [2.75, 3.05) is 11.4 Å². The maximum absolute atomic E-state index is 13.0. The molecule has 0 bridgehead atoms. The van der Waals surface area contributed by atoms with Gasteiger partial charge in [-0.1, -0.05) is 29.8 Å². The summed E-state index contributed by atoms with van der Waals surface area (Å²) in [7, 11) is 0. The minimum atomic E-state index is -1.52. The lowest BCUT2D eigenvalue weighted by atomic mass is 9.87. The fraction of sp³-hybridized carbons (Fsp3) is 0.200. The van der Waals surface area contributed by atoms with E-state index in [1.165, 1.54) is 4.70 Å². The van der Waals surface area contributed by atoms with Crippen molar-refractivity contribution < 1.29 is 9.90 Å². The third-order valence-electron chi connectivity index (χ3n) is 5.00. The van der Waals surface area contributed by atoms with Gasteiger partial charge in [-0.3, -0.25) is 4.79 Å². The lowest BCUT2D eigenvalue weighted by Gasteiger charge is -2.29. The highest BCUT2D eigenvalue weighted by Gasteiger charge is 2.52. The summed E-state index contributed by atoms with van der Waals surface area (Å²) in [6.07, 6.45) is 0.367. The molecular formula is C20H16N2O2S. The predicted molar refractivity (Wildman–Crippen MR) is 101 cm³/mol. The second kappa shape index (κ2) is 5.00. The minimum Gasteiger partial charge on any atom is -0.374 e. The summed E-state index contributed by atoms with van der Waals surface area (Å²) < 4.78 is 1.19. The highest BCUT2D eigenvalue weighted by atomic mass is 32.1. The number of carbonyl (C=O) groups is 1. The van der Waals surface area contributed by atoms with E-state index in [4.69, 9.17) is 0 Å². The molecule has 3 heterocycles. The molecule has 0 spiro atoms. The van der Waals surface area contributed by atoms with Crippen LogP contribution < -0.4 is 4.90 Å². The molecule has 2 aliphatic heterocycles. The fourth-order valence-electron chi connectivity index (χ4n) is 3.66. The van der Waals surface area contributed by atoms with Crippen LogP contribution in [0, 0.1) is 6.92 Å². The van der Waals surface area contributed by atoms with Crippen LogP contribution in [-0.2, 0) is 0 Å². The van der Waals surface area contributed by atoms with Gasteiger partial charge in [0.1, 0.15) is 0 Å². The SMILES string of the molecule is Cc1ccc2c(c1)C(=O)[C@]1(O)CCN(c3cc4ccccc4s3)C1=N2. The molecule has 124 valence electrons. The fourth-order valence-corrected chi connectivity index (χ4v) is 4.75. The number of amidine groups is 1. The average Bonchev–Trinajstić information content (AvgIpc) is 3.17. The first-order chi connectivity index (χ1) is 12.1. The van der Waals surface area contributed by atoms with Crippen LogP contribution in [-0.4, -0.2) is 28.9 Å². The Morgan fingerprint density at radius 3 is 2.88 bits per heavy atom. The van der Waals surface area contributed by atoms with Gasteiger partial charge in [-0.2, -0.15) is 0 Å². The van der Waals surface area contributed by atoms with Gasteiger partial charge in [-0.25, -0.2) is 4.99 Å². The van der Waals surface area contributed by atoms with Crippen molar-refractivity contribution in [3.8, 4) is 0 Å². The molecule has 3 aromatic rings. The number of hydrogen-bond acceptors (Lipinski definition) is 5. The largest absolute Gasteiger partial charge is 0.374 e. The van der Waals surface area contributed by atoms with Crippen molar-refractivity contribution in [1.82, 2.24) is 0 Å². The summed E-state index contributed by atoms with van der Waals surface area (Å²) >= 11 is 1.66. The number of thiophene rings is 1. The Morgan fingerprint density at radius 2 is 2.04 bits per heavy atom. The first-order valence-electron chi connectivity index (χ1n) is 8.29. The number of rotatable bonds is 1. The second-order valence-corrected chi connectivity index (χ2v) is 7.73. The zero-order chi connectivity index (χ0) is 17.2. The van der Waals surface area contributed by atoms with Crippen molar-refractivity contribution >= 4 is 43.7 Å². The van der Waals surface area contributed by atoms with Crippen molar-refractivity contribution in [3.05, 3.63) is 59.7 Å². The summed E-state index contributed by atoms with van der Waals surface area (Å²) in [5, 5.41) is 13.3. The zero-order valence-electron chi connectivity index (χ0n) is 13.7. The quantitative estimate of drug-likeness (QED) is 0.721. The van der Waals surface area contributed by atoms with Gasteiger partial charge in [0, 0.05) is 23.2 Å². The van der Waals surface area contributed by atoms with Crippen LogP contribution in [0.25, 0.3) is 10.1 Å². The molecule has 1 aromatic heterocycles. The molecule has 1 saturated heterocycles. The lowest BCUT2D eigenvalue weighted by Crippen LogP contribution is -2.48. The zero-order valence-corrected chi connectivity index (χ0v) is 14.5. The maximum atomic E-state index is 13.0. The number of ketones is 1. The van der Waals surface area contributed by atoms with E-state index in [0.29, 0.717) is 30.1 Å². The molecule has 0 saturated carbocycles. The van der Waals surface area contributed by atoms with E-state index in [0.717, 1.165) is 16.0 Å². The number of benzene rings is 2. The summed E-state index contributed by atoms with van der Waals surface area (Å²) in [6.45, 7) is 2.52. The van der Waals surface area contributed by atoms with Crippen molar-refractivity contribution in [2.45, 2.75) is 18.9 Å². The summed E-state index contributed by atoms with van der Waals surface area (Å²) in [4.78, 5) is 19.6. The van der Waals surface area contributed by atoms with Gasteiger partial charge in [0.2, 0.25) is 5.78 Å². The third kappa shape index (κ3) is 2.03. The Balaban J connectivity index is 1.67. The second-order valence-electron chi connectivity index (χ2n) is 6.67. The van der Waals surface area contributed by atoms with Gasteiger partial charge in [-0.05, 0) is 36.6 Å². The Labute approximate surface area is 149 Å². The van der Waals surface area contributed by atoms with Gasteiger partial charge in [0.05, 0.1) is 10.7 Å². The topological polar surface area (TPSA) is 52.9 Å². The van der Waals surface area contributed by atoms with Gasteiger partial charge in [0.25, 0.3) is 0 Å². The molecule has 2 aromatic carbocycles. The molecule has 25 heavy (non-hydrogen) atoms. The molecule has 5 heteroatoms. The minimum absolute atomic E-state index is 0.236. The van der Waals surface area contributed by atoms with Crippen molar-refractivity contribution in [2.24, 2.45) is 4.99 Å². The van der Waals surface area contributed by atoms with Crippen LogP contribution >= 0.6 is 11.3 Å². The van der Waals surface area contributed by atoms with E-state index in [1.54, 1.807) is 11.3 Å². The summed E-state index contributed by atoms with van der Waals surface area (Å²) in [5.41, 5.74) is 0.637. The van der Waals surface area contributed by atoms with Crippen LogP contribution in [0.2, 0.25) is 0 Å². The van der Waals surface area contributed by atoms with E-state index in [2.05, 4.69) is 23.2 Å². The number of aliphatic hydroxyl groups is 1. The molecule has 0 radical (unpaired) electrons. The molecule has 1 N–H and O–H groups in total.